The number of carbonyl (C=O) groups is 1. The van der Waals surface area contributed by atoms with E-state index in [1.54, 1.807) is 17.3 Å². The smallest absolute Gasteiger partial charge is 0.229 e. The van der Waals surface area contributed by atoms with E-state index in [-0.39, 0.29) is 11.2 Å². The summed E-state index contributed by atoms with van der Waals surface area (Å²) in [5.74, 6) is 6.05. The number of para-hydroxylation sites is 1. The standard InChI is InChI=1S/C37H56O2S/c1-7-34(39-28-14-9-8-10-15-28)35(38)40-29-20-22-36(5)27(24-29)16-17-30-32-19-18-31(26(4)13-11-12-25(2)3)37(32,6)23-21-33(30)36/h8-10,14-16,25-26,29-34H,7,11-13,17-24H2,1-6H3/t26-,29+,30-,31+,32+,33-,34+,36+,37-/m0/s1. The minimum Gasteiger partial charge on any atom is -0.482 e. The fraction of sp³-hybridized carbons (Fsp3) is 0.757. The summed E-state index contributed by atoms with van der Waals surface area (Å²) in [5, 5.41) is 0.607. The van der Waals surface area contributed by atoms with E-state index in [1.165, 1.54) is 57.8 Å². The van der Waals surface area contributed by atoms with Crippen LogP contribution in [0, 0.1) is 46.3 Å². The van der Waals surface area contributed by atoms with Crippen LogP contribution in [-0.4, -0.2) is 16.5 Å². The fourth-order valence-electron chi connectivity index (χ4n) is 9.95. The highest BCUT2D eigenvalue weighted by Gasteiger charge is 2.59. The lowest BCUT2D eigenvalue weighted by molar-refractivity contribution is -0.117. The van der Waals surface area contributed by atoms with E-state index in [0.717, 1.165) is 60.5 Å². The average Bonchev–Trinajstić information content (AvgIpc) is 3.29. The minimum atomic E-state index is -0.357. The molecule has 0 saturated heterocycles. The highest BCUT2D eigenvalue weighted by Crippen LogP contribution is 2.67. The van der Waals surface area contributed by atoms with Crippen molar-refractivity contribution in [3.8, 4) is 5.75 Å². The normalized spacial score (nSPS) is 36.7. The second kappa shape index (κ2) is 12.6. The van der Waals surface area contributed by atoms with Gasteiger partial charge in [0.25, 0.3) is 0 Å². The highest BCUT2D eigenvalue weighted by atomic mass is 32.2. The van der Waals surface area contributed by atoms with Crippen molar-refractivity contribution < 1.29 is 9.53 Å². The molecule has 3 saturated carbocycles. The SMILES string of the molecule is CC[C@@H](Oc1ccccc1)C(=O)S[C@@H]1CC[C@]2(C)C(=CC[C@H]3[C@H]4CC[C@H]([C@@H](C)CCCC(C)C)[C@]4(C)CC[C@@H]32)C1. The Labute approximate surface area is 249 Å². The molecule has 0 radical (unpaired) electrons. The largest absolute Gasteiger partial charge is 0.482 e. The van der Waals surface area contributed by atoms with Gasteiger partial charge in [0.05, 0.1) is 0 Å². The molecule has 1 aromatic rings. The molecule has 5 rings (SSSR count). The lowest BCUT2D eigenvalue weighted by Crippen LogP contribution is -2.50. The Kier molecular flexibility index (Phi) is 9.50. The number of hydrogen-bond donors (Lipinski definition) is 0. The van der Waals surface area contributed by atoms with Crippen LogP contribution in [0.5, 0.6) is 5.75 Å². The van der Waals surface area contributed by atoms with Crippen molar-refractivity contribution in [3.05, 3.63) is 42.0 Å². The lowest BCUT2D eigenvalue weighted by atomic mass is 9.47. The van der Waals surface area contributed by atoms with Gasteiger partial charge in [0, 0.05) is 5.25 Å². The van der Waals surface area contributed by atoms with E-state index in [4.69, 9.17) is 4.74 Å². The van der Waals surface area contributed by atoms with Gasteiger partial charge in [-0.1, -0.05) is 102 Å². The summed E-state index contributed by atoms with van der Waals surface area (Å²) in [6, 6.07) is 9.83. The molecule has 0 N–H and O–H groups in total. The van der Waals surface area contributed by atoms with Crippen LogP contribution in [0.3, 0.4) is 0 Å². The van der Waals surface area contributed by atoms with Crippen molar-refractivity contribution >= 4 is 16.9 Å². The first-order valence-corrected chi connectivity index (χ1v) is 17.6. The molecule has 0 aliphatic heterocycles. The summed E-state index contributed by atoms with van der Waals surface area (Å²) in [6.07, 6.45) is 17.8. The summed E-state index contributed by atoms with van der Waals surface area (Å²) < 4.78 is 6.09. The van der Waals surface area contributed by atoms with E-state index < -0.39 is 0 Å². The summed E-state index contributed by atoms with van der Waals surface area (Å²) in [7, 11) is 0. The predicted molar refractivity (Wildman–Crippen MR) is 171 cm³/mol. The molecular formula is C37H56O2S. The van der Waals surface area contributed by atoms with E-state index in [1.807, 2.05) is 30.3 Å². The Morgan fingerprint density at radius 2 is 1.77 bits per heavy atom. The van der Waals surface area contributed by atoms with Gasteiger partial charge < -0.3 is 4.74 Å². The van der Waals surface area contributed by atoms with Crippen molar-refractivity contribution in [2.24, 2.45) is 46.3 Å². The van der Waals surface area contributed by atoms with E-state index >= 15 is 0 Å². The number of benzene rings is 1. The zero-order valence-electron chi connectivity index (χ0n) is 26.3. The maximum Gasteiger partial charge on any atom is 0.229 e. The third-order valence-electron chi connectivity index (χ3n) is 12.2. The number of allylic oxidation sites excluding steroid dienone is 2. The first-order chi connectivity index (χ1) is 19.2. The number of rotatable bonds is 10. The van der Waals surface area contributed by atoms with Crippen LogP contribution in [0.15, 0.2) is 42.0 Å². The van der Waals surface area contributed by atoms with Gasteiger partial charge in [-0.2, -0.15) is 0 Å². The molecule has 0 unspecified atom stereocenters. The summed E-state index contributed by atoms with van der Waals surface area (Å²) in [5.41, 5.74) is 2.58. The van der Waals surface area contributed by atoms with Crippen LogP contribution < -0.4 is 4.74 Å². The van der Waals surface area contributed by atoms with Gasteiger partial charge in [0.1, 0.15) is 5.75 Å². The van der Waals surface area contributed by atoms with Gasteiger partial charge in [0.2, 0.25) is 5.12 Å². The zero-order valence-corrected chi connectivity index (χ0v) is 27.1. The molecule has 0 aromatic heterocycles. The topological polar surface area (TPSA) is 26.3 Å². The molecule has 1 aromatic carbocycles. The molecule has 0 spiro atoms. The molecule has 222 valence electrons. The Balaban J connectivity index is 1.22. The Morgan fingerprint density at radius 1 is 1.00 bits per heavy atom. The predicted octanol–water partition coefficient (Wildman–Crippen LogP) is 10.5. The number of carbonyl (C=O) groups excluding carboxylic acids is 1. The Morgan fingerprint density at radius 3 is 2.50 bits per heavy atom. The van der Waals surface area contributed by atoms with Gasteiger partial charge in [-0.25, -0.2) is 0 Å². The quantitative estimate of drug-likeness (QED) is 0.264. The molecule has 3 heteroatoms. The molecule has 40 heavy (non-hydrogen) atoms. The average molecular weight is 565 g/mol. The van der Waals surface area contributed by atoms with Crippen molar-refractivity contribution in [1.82, 2.24) is 0 Å². The number of fused-ring (bicyclic) bond motifs is 5. The van der Waals surface area contributed by atoms with Gasteiger partial charge in [-0.15, -0.1) is 0 Å². The maximum absolute atomic E-state index is 13.3. The maximum atomic E-state index is 13.3. The van der Waals surface area contributed by atoms with Crippen LogP contribution in [0.2, 0.25) is 0 Å². The molecule has 9 atom stereocenters. The van der Waals surface area contributed by atoms with Crippen LogP contribution >= 0.6 is 11.8 Å². The molecule has 0 amide bonds. The van der Waals surface area contributed by atoms with Crippen molar-refractivity contribution in [3.63, 3.8) is 0 Å². The van der Waals surface area contributed by atoms with E-state index in [2.05, 4.69) is 47.6 Å². The monoisotopic (exact) mass is 564 g/mol. The number of ether oxygens (including phenoxy) is 1. The number of hydrogen-bond acceptors (Lipinski definition) is 3. The second-order valence-corrected chi connectivity index (χ2v) is 16.2. The molecule has 0 heterocycles. The third kappa shape index (κ3) is 5.97. The minimum absolute atomic E-state index is 0.210. The molecule has 4 aliphatic rings. The van der Waals surface area contributed by atoms with Crippen LogP contribution in [0.25, 0.3) is 0 Å². The zero-order chi connectivity index (χ0) is 28.5. The molecular weight excluding hydrogens is 508 g/mol. The summed E-state index contributed by atoms with van der Waals surface area (Å²) >= 11 is 1.58. The molecule has 4 aliphatic carbocycles. The van der Waals surface area contributed by atoms with Crippen LogP contribution in [0.4, 0.5) is 0 Å². The van der Waals surface area contributed by atoms with Gasteiger partial charge in [-0.05, 0) is 116 Å². The highest BCUT2D eigenvalue weighted by molar-refractivity contribution is 8.14. The third-order valence-corrected chi connectivity index (χ3v) is 13.4. The van der Waals surface area contributed by atoms with Crippen LogP contribution in [-0.2, 0) is 4.79 Å². The van der Waals surface area contributed by atoms with Gasteiger partial charge in [0.15, 0.2) is 6.10 Å². The van der Waals surface area contributed by atoms with Crippen LogP contribution in [0.1, 0.15) is 119 Å². The van der Waals surface area contributed by atoms with E-state index in [9.17, 15) is 4.79 Å². The van der Waals surface area contributed by atoms with Gasteiger partial charge in [-0.3, -0.25) is 4.79 Å². The molecule has 0 bridgehead atoms. The second-order valence-electron chi connectivity index (χ2n) is 14.9. The first kappa shape index (κ1) is 30.2. The molecule has 3 fully saturated rings. The van der Waals surface area contributed by atoms with Gasteiger partial charge >= 0.3 is 0 Å². The van der Waals surface area contributed by atoms with Crippen molar-refractivity contribution in [2.75, 3.05) is 0 Å². The Bertz CT molecular complexity index is 1030. The Hall–Kier alpha value is -1.22. The lowest BCUT2D eigenvalue weighted by Gasteiger charge is -2.58. The van der Waals surface area contributed by atoms with Crippen molar-refractivity contribution in [2.45, 2.75) is 130 Å². The van der Waals surface area contributed by atoms with Crippen molar-refractivity contribution in [1.29, 1.82) is 0 Å². The number of thioether (sulfide) groups is 1. The summed E-state index contributed by atoms with van der Waals surface area (Å²) in [6.45, 7) is 14.7. The molecule has 2 nitrogen and oxygen atoms in total. The first-order valence-electron chi connectivity index (χ1n) is 16.8. The summed E-state index contributed by atoms with van der Waals surface area (Å²) in [4.78, 5) is 13.3. The van der Waals surface area contributed by atoms with E-state index in [0.29, 0.717) is 16.1 Å². The fourth-order valence-corrected chi connectivity index (χ4v) is 11.1.